The molecule has 4 heteroatoms. The molecule has 0 aromatic heterocycles. The highest BCUT2D eigenvalue weighted by atomic mass is 35.5. The molecule has 0 atom stereocenters. The number of carbonyl (C=O) groups is 1. The summed E-state index contributed by atoms with van der Waals surface area (Å²) in [5.41, 5.74) is 3.24. The lowest BCUT2D eigenvalue weighted by molar-refractivity contribution is -0.116. The summed E-state index contributed by atoms with van der Waals surface area (Å²) in [5, 5.41) is 4.05. The highest BCUT2D eigenvalue weighted by molar-refractivity contribution is 6.35. The lowest BCUT2D eigenvalue weighted by atomic mass is 9.88. The van der Waals surface area contributed by atoms with Crippen LogP contribution in [0, 0.1) is 0 Å². The van der Waals surface area contributed by atoms with Crippen LogP contribution >= 0.6 is 23.2 Å². The molecule has 0 saturated heterocycles. The second kappa shape index (κ2) is 10.1. The van der Waals surface area contributed by atoms with Gasteiger partial charge in [-0.15, -0.1) is 0 Å². The van der Waals surface area contributed by atoms with Crippen LogP contribution in [0.2, 0.25) is 10.0 Å². The number of rotatable bonds is 7. The Bertz CT molecular complexity index is 900. The van der Waals surface area contributed by atoms with Gasteiger partial charge < -0.3 is 5.32 Å². The van der Waals surface area contributed by atoms with Crippen molar-refractivity contribution >= 4 is 35.2 Å². The first-order valence-electron chi connectivity index (χ1n) is 9.14. The fourth-order valence-corrected chi connectivity index (χ4v) is 3.57. The number of halogens is 2. The third-order valence-corrected chi connectivity index (χ3v) is 5.08. The van der Waals surface area contributed by atoms with E-state index in [1.54, 1.807) is 24.3 Å². The van der Waals surface area contributed by atoms with E-state index < -0.39 is 0 Å². The molecule has 1 amide bonds. The van der Waals surface area contributed by atoms with Crippen LogP contribution in [0.3, 0.4) is 0 Å². The summed E-state index contributed by atoms with van der Waals surface area (Å²) < 4.78 is 0. The van der Waals surface area contributed by atoms with Crippen molar-refractivity contribution < 1.29 is 4.79 Å². The minimum atomic E-state index is -0.147. The monoisotopic (exact) mass is 409 g/mol. The summed E-state index contributed by atoms with van der Waals surface area (Å²) in [6, 6.07) is 25.9. The molecule has 0 spiro atoms. The molecule has 0 saturated carbocycles. The van der Waals surface area contributed by atoms with Crippen molar-refractivity contribution in [3.63, 3.8) is 0 Å². The summed E-state index contributed by atoms with van der Waals surface area (Å²) in [5.74, 6) is 0.0864. The van der Waals surface area contributed by atoms with Gasteiger partial charge in [-0.2, -0.15) is 0 Å². The lowest BCUT2D eigenvalue weighted by Gasteiger charge is -2.18. The van der Waals surface area contributed by atoms with E-state index in [0.717, 1.165) is 12.0 Å². The topological polar surface area (TPSA) is 29.1 Å². The number of nitrogens with one attached hydrogen (secondary N) is 1. The van der Waals surface area contributed by atoms with E-state index in [0.29, 0.717) is 16.6 Å². The minimum Gasteiger partial charge on any atom is -0.353 e. The molecule has 0 aliphatic heterocycles. The lowest BCUT2D eigenvalue weighted by Crippen LogP contribution is -2.23. The molecule has 3 aromatic rings. The molecule has 0 fully saturated rings. The van der Waals surface area contributed by atoms with Gasteiger partial charge in [-0.05, 0) is 41.3 Å². The Morgan fingerprint density at radius 3 is 2.07 bits per heavy atom. The van der Waals surface area contributed by atoms with Gasteiger partial charge in [0.15, 0.2) is 0 Å². The number of amides is 1. The van der Waals surface area contributed by atoms with E-state index in [9.17, 15) is 4.79 Å². The van der Waals surface area contributed by atoms with Crippen molar-refractivity contribution in [2.45, 2.75) is 12.3 Å². The summed E-state index contributed by atoms with van der Waals surface area (Å²) in [6.07, 6.45) is 4.00. The average molecular weight is 410 g/mol. The molecule has 0 unspecified atom stereocenters. The van der Waals surface area contributed by atoms with Crippen molar-refractivity contribution in [2.75, 3.05) is 6.54 Å². The number of carbonyl (C=O) groups excluding carboxylic acids is 1. The standard InChI is InChI=1S/C24H21Cl2NO/c25-21-13-11-20(23(26)17-21)12-14-24(28)27-16-15-22(18-7-3-1-4-8-18)19-9-5-2-6-10-19/h1-14,17,22H,15-16H2,(H,27,28)/b14-12+. The number of hydrogen-bond acceptors (Lipinski definition) is 1. The fourth-order valence-electron chi connectivity index (χ4n) is 3.10. The molecule has 3 aromatic carbocycles. The molecule has 142 valence electrons. The minimum absolute atomic E-state index is 0.147. The van der Waals surface area contributed by atoms with E-state index in [1.807, 2.05) is 36.4 Å². The van der Waals surface area contributed by atoms with Crippen LogP contribution in [0.25, 0.3) is 6.08 Å². The quantitative estimate of drug-likeness (QED) is 0.452. The van der Waals surface area contributed by atoms with Gasteiger partial charge in [-0.3, -0.25) is 4.79 Å². The van der Waals surface area contributed by atoms with E-state index in [1.165, 1.54) is 17.2 Å². The summed E-state index contributed by atoms with van der Waals surface area (Å²) in [4.78, 5) is 12.2. The molecular formula is C24H21Cl2NO. The molecular weight excluding hydrogens is 389 g/mol. The Kier molecular flexibility index (Phi) is 7.30. The van der Waals surface area contributed by atoms with Gasteiger partial charge in [0.25, 0.3) is 0 Å². The highest BCUT2D eigenvalue weighted by Crippen LogP contribution is 2.27. The van der Waals surface area contributed by atoms with Gasteiger partial charge in [0.1, 0.15) is 0 Å². The summed E-state index contributed by atoms with van der Waals surface area (Å²) in [6.45, 7) is 0.575. The molecule has 0 heterocycles. The van der Waals surface area contributed by atoms with Crippen molar-refractivity contribution in [1.82, 2.24) is 5.32 Å². The summed E-state index contributed by atoms with van der Waals surface area (Å²) in [7, 11) is 0. The average Bonchev–Trinajstić information content (AvgIpc) is 2.72. The first-order valence-corrected chi connectivity index (χ1v) is 9.90. The van der Waals surface area contributed by atoms with Gasteiger partial charge >= 0.3 is 0 Å². The SMILES string of the molecule is O=C(/C=C/c1ccc(Cl)cc1Cl)NCCC(c1ccccc1)c1ccccc1. The van der Waals surface area contributed by atoms with E-state index in [-0.39, 0.29) is 11.8 Å². The molecule has 28 heavy (non-hydrogen) atoms. The Labute approximate surface area is 175 Å². The predicted octanol–water partition coefficient (Wildman–Crippen LogP) is 6.35. The van der Waals surface area contributed by atoms with Crippen LogP contribution < -0.4 is 5.32 Å². The van der Waals surface area contributed by atoms with Crippen molar-refractivity contribution in [1.29, 1.82) is 0 Å². The van der Waals surface area contributed by atoms with E-state index in [4.69, 9.17) is 23.2 Å². The Hall–Kier alpha value is -2.55. The van der Waals surface area contributed by atoms with Gasteiger partial charge in [0, 0.05) is 28.6 Å². The molecule has 0 bridgehead atoms. The van der Waals surface area contributed by atoms with Gasteiger partial charge in [0.05, 0.1) is 0 Å². The van der Waals surface area contributed by atoms with E-state index >= 15 is 0 Å². The highest BCUT2D eigenvalue weighted by Gasteiger charge is 2.13. The Morgan fingerprint density at radius 1 is 0.893 bits per heavy atom. The molecule has 1 N–H and O–H groups in total. The van der Waals surface area contributed by atoms with Crippen molar-refractivity contribution in [3.8, 4) is 0 Å². The predicted molar refractivity (Wildman–Crippen MR) is 118 cm³/mol. The molecule has 2 nitrogen and oxygen atoms in total. The summed E-state index contributed by atoms with van der Waals surface area (Å²) >= 11 is 12.0. The zero-order chi connectivity index (χ0) is 19.8. The van der Waals surface area contributed by atoms with Gasteiger partial charge in [-0.1, -0.05) is 89.9 Å². The smallest absolute Gasteiger partial charge is 0.244 e. The van der Waals surface area contributed by atoms with Crippen LogP contribution in [0.5, 0.6) is 0 Å². The molecule has 0 aliphatic rings. The maximum absolute atomic E-state index is 12.2. The third kappa shape index (κ3) is 5.72. The van der Waals surface area contributed by atoms with Crippen LogP contribution in [0.4, 0.5) is 0 Å². The first-order chi connectivity index (χ1) is 13.6. The van der Waals surface area contributed by atoms with Gasteiger partial charge in [-0.25, -0.2) is 0 Å². The first kappa shape index (κ1) is 20.2. The molecule has 3 rings (SSSR count). The second-order valence-electron chi connectivity index (χ2n) is 6.45. The number of hydrogen-bond donors (Lipinski definition) is 1. The number of benzene rings is 3. The zero-order valence-corrected chi connectivity index (χ0v) is 16.8. The maximum atomic E-state index is 12.2. The normalized spacial score (nSPS) is 11.1. The third-order valence-electron chi connectivity index (χ3n) is 4.51. The van der Waals surface area contributed by atoms with Gasteiger partial charge in [0.2, 0.25) is 5.91 Å². The Balaban J connectivity index is 1.61. The largest absolute Gasteiger partial charge is 0.353 e. The van der Waals surface area contributed by atoms with Crippen LogP contribution in [-0.4, -0.2) is 12.5 Å². The van der Waals surface area contributed by atoms with Crippen LogP contribution in [0.15, 0.2) is 84.9 Å². The maximum Gasteiger partial charge on any atom is 0.244 e. The second-order valence-corrected chi connectivity index (χ2v) is 7.30. The fraction of sp³-hybridized carbons (Fsp3) is 0.125. The zero-order valence-electron chi connectivity index (χ0n) is 15.3. The molecule has 0 aliphatic carbocycles. The van der Waals surface area contributed by atoms with Crippen molar-refractivity contribution in [2.24, 2.45) is 0 Å². The van der Waals surface area contributed by atoms with Crippen molar-refractivity contribution in [3.05, 3.63) is 112 Å². The van der Waals surface area contributed by atoms with Crippen LogP contribution in [-0.2, 0) is 4.79 Å². The molecule has 0 radical (unpaired) electrons. The Morgan fingerprint density at radius 2 is 1.50 bits per heavy atom. The van der Waals surface area contributed by atoms with Crippen LogP contribution in [0.1, 0.15) is 29.0 Å². The van der Waals surface area contributed by atoms with E-state index in [2.05, 4.69) is 29.6 Å².